The number of urea groups is 1. The Bertz CT molecular complexity index is 962. The Hall–Kier alpha value is -3.55. The van der Waals surface area contributed by atoms with Gasteiger partial charge in [0.05, 0.1) is 0 Å². The van der Waals surface area contributed by atoms with E-state index >= 15 is 0 Å². The van der Waals surface area contributed by atoms with Crippen LogP contribution in [0.15, 0.2) is 48.5 Å². The van der Waals surface area contributed by atoms with Crippen LogP contribution in [0.5, 0.6) is 11.5 Å². The molecule has 0 bridgehead atoms. The quantitative estimate of drug-likeness (QED) is 0.749. The highest BCUT2D eigenvalue weighted by Crippen LogP contribution is 2.36. The molecule has 0 aliphatic carbocycles. The minimum absolute atomic E-state index is 0.322. The molecule has 2 aromatic rings. The number of benzene rings is 2. The van der Waals surface area contributed by atoms with Crippen molar-refractivity contribution in [3.8, 4) is 11.5 Å². The maximum atomic E-state index is 13.0. The van der Waals surface area contributed by atoms with E-state index in [0.717, 1.165) is 10.5 Å². The van der Waals surface area contributed by atoms with E-state index in [0.29, 0.717) is 36.8 Å². The second-order valence-electron chi connectivity index (χ2n) is 7.07. The van der Waals surface area contributed by atoms with Crippen LogP contribution in [0.2, 0.25) is 0 Å². The summed E-state index contributed by atoms with van der Waals surface area (Å²) in [5.74, 6) is 0.214. The van der Waals surface area contributed by atoms with Crippen LogP contribution in [0, 0.1) is 0 Å². The van der Waals surface area contributed by atoms with Crippen LogP contribution in [-0.2, 0) is 21.7 Å². The minimum Gasteiger partial charge on any atom is -0.486 e. The normalized spacial score (nSPS) is 20.4. The predicted molar refractivity (Wildman–Crippen MR) is 103 cm³/mol. The number of fused-ring (bicyclic) bond motifs is 1. The van der Waals surface area contributed by atoms with Gasteiger partial charge in [-0.05, 0) is 30.2 Å². The van der Waals surface area contributed by atoms with Gasteiger partial charge in [-0.15, -0.1) is 0 Å². The van der Waals surface area contributed by atoms with Crippen LogP contribution >= 0.6 is 0 Å². The lowest BCUT2D eigenvalue weighted by atomic mass is 9.91. The maximum absolute atomic E-state index is 13.0. The van der Waals surface area contributed by atoms with E-state index in [2.05, 4.69) is 10.6 Å². The Morgan fingerprint density at radius 2 is 1.83 bits per heavy atom. The highest BCUT2D eigenvalue weighted by atomic mass is 16.6. The molecular weight excluding hydrogens is 374 g/mol. The molecule has 2 N–H and O–H groups in total. The molecule has 0 saturated carbocycles. The van der Waals surface area contributed by atoms with Gasteiger partial charge < -0.3 is 20.1 Å². The minimum atomic E-state index is -1.29. The van der Waals surface area contributed by atoms with Crippen LogP contribution < -0.4 is 20.1 Å². The van der Waals surface area contributed by atoms with E-state index in [1.54, 1.807) is 25.1 Å². The molecule has 2 heterocycles. The number of carbonyl (C=O) groups is 3. The molecule has 8 heteroatoms. The molecule has 2 aliphatic heterocycles. The number of nitrogens with one attached hydrogen (secondary N) is 2. The van der Waals surface area contributed by atoms with Crippen LogP contribution in [0.3, 0.4) is 0 Å². The van der Waals surface area contributed by atoms with Gasteiger partial charge >= 0.3 is 6.03 Å². The largest absolute Gasteiger partial charge is 0.486 e. The van der Waals surface area contributed by atoms with Crippen molar-refractivity contribution < 1.29 is 23.9 Å². The Balaban J connectivity index is 1.46. The van der Waals surface area contributed by atoms with E-state index in [4.69, 9.17) is 9.47 Å². The van der Waals surface area contributed by atoms with Crippen molar-refractivity contribution in [2.45, 2.75) is 19.0 Å². The third kappa shape index (κ3) is 3.61. The van der Waals surface area contributed by atoms with Gasteiger partial charge in [0.25, 0.3) is 5.91 Å². The monoisotopic (exact) mass is 395 g/mol. The van der Waals surface area contributed by atoms with Gasteiger partial charge in [0.2, 0.25) is 5.91 Å². The van der Waals surface area contributed by atoms with Gasteiger partial charge in [-0.3, -0.25) is 14.5 Å². The van der Waals surface area contributed by atoms with Crippen molar-refractivity contribution in [1.29, 1.82) is 0 Å². The molecule has 1 atom stereocenters. The zero-order chi connectivity index (χ0) is 20.4. The number of amides is 4. The first-order valence-electron chi connectivity index (χ1n) is 9.32. The fourth-order valence-electron chi connectivity index (χ4n) is 3.39. The Kier molecular flexibility index (Phi) is 4.84. The molecule has 150 valence electrons. The first-order valence-corrected chi connectivity index (χ1v) is 9.32. The van der Waals surface area contributed by atoms with Crippen molar-refractivity contribution in [3.05, 3.63) is 59.7 Å². The van der Waals surface area contributed by atoms with Crippen LogP contribution in [-0.4, -0.2) is 42.5 Å². The molecule has 8 nitrogen and oxygen atoms in total. The van der Waals surface area contributed by atoms with Crippen molar-refractivity contribution >= 4 is 17.8 Å². The molecule has 4 amide bonds. The number of ether oxygens (including phenoxy) is 2. The SMILES string of the molecule is C[C@@]1(c2ccc3c(c2)OCCO3)NC(=O)N(CC(=O)NCc2ccccc2)C1=O. The topological polar surface area (TPSA) is 97.0 Å². The molecule has 4 rings (SSSR count). The zero-order valence-corrected chi connectivity index (χ0v) is 15.9. The Labute approximate surface area is 167 Å². The van der Waals surface area contributed by atoms with Gasteiger partial charge in [0.15, 0.2) is 11.5 Å². The number of hydrogen-bond donors (Lipinski definition) is 2. The van der Waals surface area contributed by atoms with Gasteiger partial charge in [-0.2, -0.15) is 0 Å². The fourth-order valence-corrected chi connectivity index (χ4v) is 3.39. The molecule has 2 aliphatic rings. The van der Waals surface area contributed by atoms with E-state index in [1.807, 2.05) is 30.3 Å². The zero-order valence-electron chi connectivity index (χ0n) is 15.9. The fraction of sp³-hybridized carbons (Fsp3) is 0.286. The molecule has 0 radical (unpaired) electrons. The second kappa shape index (κ2) is 7.46. The van der Waals surface area contributed by atoms with Crippen molar-refractivity contribution in [2.24, 2.45) is 0 Å². The number of rotatable bonds is 5. The summed E-state index contributed by atoms with van der Waals surface area (Å²) < 4.78 is 11.1. The van der Waals surface area contributed by atoms with Gasteiger partial charge in [-0.25, -0.2) is 4.79 Å². The Morgan fingerprint density at radius 1 is 1.10 bits per heavy atom. The molecule has 2 aromatic carbocycles. The van der Waals surface area contributed by atoms with Gasteiger partial charge in [0, 0.05) is 6.54 Å². The summed E-state index contributed by atoms with van der Waals surface area (Å²) in [4.78, 5) is 38.6. The first-order chi connectivity index (χ1) is 14.0. The summed E-state index contributed by atoms with van der Waals surface area (Å²) in [7, 11) is 0. The van der Waals surface area contributed by atoms with E-state index in [-0.39, 0.29) is 6.54 Å². The van der Waals surface area contributed by atoms with Crippen LogP contribution in [0.4, 0.5) is 4.79 Å². The number of hydrogen-bond acceptors (Lipinski definition) is 5. The van der Waals surface area contributed by atoms with E-state index in [1.165, 1.54) is 0 Å². The summed E-state index contributed by atoms with van der Waals surface area (Å²) in [6.45, 7) is 2.47. The number of imide groups is 1. The highest BCUT2D eigenvalue weighted by molar-refractivity contribution is 6.09. The molecule has 1 saturated heterocycles. The van der Waals surface area contributed by atoms with Crippen molar-refractivity contribution in [3.63, 3.8) is 0 Å². The molecular formula is C21H21N3O5. The summed E-state index contributed by atoms with van der Waals surface area (Å²) in [5, 5.41) is 5.42. The lowest BCUT2D eigenvalue weighted by molar-refractivity contribution is -0.134. The smallest absolute Gasteiger partial charge is 0.325 e. The average Bonchev–Trinajstić information content (AvgIpc) is 2.96. The van der Waals surface area contributed by atoms with Crippen LogP contribution in [0.25, 0.3) is 0 Å². The van der Waals surface area contributed by atoms with Crippen LogP contribution in [0.1, 0.15) is 18.1 Å². The number of nitrogens with zero attached hydrogens (tertiary/aromatic N) is 1. The maximum Gasteiger partial charge on any atom is 0.325 e. The molecule has 0 spiro atoms. The number of carbonyl (C=O) groups excluding carboxylic acids is 3. The van der Waals surface area contributed by atoms with Gasteiger partial charge in [-0.1, -0.05) is 36.4 Å². The second-order valence-corrected chi connectivity index (χ2v) is 7.07. The highest BCUT2D eigenvalue weighted by Gasteiger charge is 2.49. The average molecular weight is 395 g/mol. The van der Waals surface area contributed by atoms with Crippen molar-refractivity contribution in [2.75, 3.05) is 19.8 Å². The Morgan fingerprint density at radius 3 is 2.59 bits per heavy atom. The summed E-state index contributed by atoms with van der Waals surface area (Å²) in [6.07, 6.45) is 0. The molecule has 1 fully saturated rings. The van der Waals surface area contributed by atoms with E-state index < -0.39 is 23.4 Å². The molecule has 0 unspecified atom stereocenters. The van der Waals surface area contributed by atoms with Gasteiger partial charge in [0.1, 0.15) is 25.3 Å². The summed E-state index contributed by atoms with van der Waals surface area (Å²) in [5.41, 5.74) is 0.207. The predicted octanol–water partition coefficient (Wildman–Crippen LogP) is 1.54. The van der Waals surface area contributed by atoms with E-state index in [9.17, 15) is 14.4 Å². The third-order valence-electron chi connectivity index (χ3n) is 5.03. The first kappa shape index (κ1) is 18.8. The lowest BCUT2D eigenvalue weighted by Crippen LogP contribution is -2.43. The standard InChI is InChI=1S/C21H21N3O5/c1-21(15-7-8-16-17(11-15)29-10-9-28-16)19(26)24(20(27)23-21)13-18(25)22-12-14-5-3-2-4-6-14/h2-8,11H,9-10,12-13H2,1H3,(H,22,25)(H,23,27)/t21-/m0/s1. The van der Waals surface area contributed by atoms with Crippen molar-refractivity contribution in [1.82, 2.24) is 15.5 Å². The third-order valence-corrected chi connectivity index (χ3v) is 5.03. The summed E-state index contributed by atoms with van der Waals surface area (Å²) >= 11 is 0. The lowest BCUT2D eigenvalue weighted by Gasteiger charge is -2.25. The summed E-state index contributed by atoms with van der Waals surface area (Å²) in [6, 6.07) is 13.9. The molecule has 0 aromatic heterocycles. The molecule has 29 heavy (non-hydrogen) atoms.